The van der Waals surface area contributed by atoms with Gasteiger partial charge in [-0.2, -0.15) is 13.2 Å². The van der Waals surface area contributed by atoms with Crippen molar-refractivity contribution in [3.8, 4) is 0 Å². The smallest absolute Gasteiger partial charge is 0.418 e. The Bertz CT molecular complexity index is 1600. The Morgan fingerprint density at radius 3 is 2.33 bits per heavy atom. The second-order valence-electron chi connectivity index (χ2n) is 13.7. The number of rotatable bonds is 5. The summed E-state index contributed by atoms with van der Waals surface area (Å²) >= 11 is 6.11. The van der Waals surface area contributed by atoms with Gasteiger partial charge in [0.1, 0.15) is 5.60 Å². The molecule has 5 fully saturated rings. The van der Waals surface area contributed by atoms with E-state index in [1.807, 2.05) is 18.2 Å². The third-order valence-electron chi connectivity index (χ3n) is 10.9. The van der Waals surface area contributed by atoms with Crippen LogP contribution in [0.1, 0.15) is 48.8 Å². The number of benzene rings is 2. The number of carbonyl (C=O) groups excluding carboxylic acids is 3. The number of para-hydroxylation sites is 1. The molecule has 49 heavy (non-hydrogen) atoms. The molecular weight excluding hydrogens is 665 g/mol. The maximum atomic E-state index is 14.0. The summed E-state index contributed by atoms with van der Waals surface area (Å²) in [5, 5.41) is 2.41. The number of fused-ring (bicyclic) bond motifs is 5. The molecule has 15 heteroatoms. The van der Waals surface area contributed by atoms with Crippen LogP contribution in [0.25, 0.3) is 0 Å². The zero-order chi connectivity index (χ0) is 34.5. The van der Waals surface area contributed by atoms with Crippen LogP contribution >= 0.6 is 11.6 Å². The summed E-state index contributed by atoms with van der Waals surface area (Å²) in [6.45, 7) is 4.62. The summed E-state index contributed by atoms with van der Waals surface area (Å²) in [5.74, 6) is 0.252. The van der Waals surface area contributed by atoms with Crippen LogP contribution in [0.2, 0.25) is 5.02 Å². The number of hydrogen-bond donors (Lipinski definition) is 2. The molecule has 2 aromatic rings. The number of nitrogens with zero attached hydrogens (tertiary/aromatic N) is 4. The van der Waals surface area contributed by atoms with Crippen LogP contribution in [0.4, 0.5) is 34.1 Å². The van der Waals surface area contributed by atoms with Gasteiger partial charge in [-0.05, 0) is 62.0 Å². The van der Waals surface area contributed by atoms with Gasteiger partial charge in [-0.3, -0.25) is 19.9 Å². The van der Waals surface area contributed by atoms with Crippen molar-refractivity contribution in [1.29, 1.82) is 0 Å². The summed E-state index contributed by atoms with van der Waals surface area (Å²) in [6, 6.07) is 9.46. The number of alkyl halides is 3. The Balaban J connectivity index is 1.07. The summed E-state index contributed by atoms with van der Waals surface area (Å²) in [7, 11) is 0. The molecule has 0 radical (unpaired) electrons. The predicted molar refractivity (Wildman–Crippen MR) is 175 cm³/mol. The quantitative estimate of drug-likeness (QED) is 0.412. The van der Waals surface area contributed by atoms with Crippen molar-refractivity contribution in [3.63, 3.8) is 0 Å². The Hall–Kier alpha value is -3.75. The normalized spacial score (nSPS) is 25.7. The van der Waals surface area contributed by atoms with Gasteiger partial charge in [-0.25, -0.2) is 9.59 Å². The Morgan fingerprint density at radius 1 is 1.00 bits per heavy atom. The SMILES string of the molecule is Nc1c(Cl)cc(C[C@@H](OC(=O)N2CCC3(CC2)OC(=O)Nc2ccccc23)C(=O)N2CCN(C3CC4CCN3CC4)CC2)cc1C(F)(F)F. The Morgan fingerprint density at radius 2 is 1.67 bits per heavy atom. The van der Waals surface area contributed by atoms with Gasteiger partial charge in [0.25, 0.3) is 5.91 Å². The second-order valence-corrected chi connectivity index (χ2v) is 14.1. The van der Waals surface area contributed by atoms with Gasteiger partial charge in [0.05, 0.1) is 28.1 Å². The van der Waals surface area contributed by atoms with E-state index in [2.05, 4.69) is 15.1 Å². The monoisotopic (exact) mass is 704 g/mol. The van der Waals surface area contributed by atoms with Gasteiger partial charge in [-0.1, -0.05) is 29.8 Å². The highest BCUT2D eigenvalue weighted by molar-refractivity contribution is 6.33. The first-order valence-corrected chi connectivity index (χ1v) is 17.2. The minimum absolute atomic E-state index is 0.0677. The standard InChI is InChI=1S/C34H40ClF3N6O5/c35-25-18-22(17-24(29(25)39)34(36,37)38)19-27(30(45)43-15-13-42(14-16-43)28-20-21-5-9-41(28)10-6-21)48-32(47)44-11-7-33(8-12-44)23-3-1-2-4-26(23)40-31(46)49-33/h1-4,17-18,21,27-28H,5-16,19-20,39H2,(H,40,46)/t27-,28?/m1/s1. The van der Waals surface area contributed by atoms with E-state index in [0.717, 1.165) is 37.1 Å². The van der Waals surface area contributed by atoms with E-state index in [0.29, 0.717) is 50.9 Å². The first kappa shape index (κ1) is 33.7. The van der Waals surface area contributed by atoms with Gasteiger partial charge >= 0.3 is 18.4 Å². The maximum Gasteiger partial charge on any atom is 0.418 e. The molecule has 0 aromatic heterocycles. The number of ether oxygens (including phenoxy) is 2. The van der Waals surface area contributed by atoms with Crippen molar-refractivity contribution in [2.45, 2.75) is 62.6 Å². The van der Waals surface area contributed by atoms with Crippen LogP contribution in [0.15, 0.2) is 36.4 Å². The molecule has 11 nitrogen and oxygen atoms in total. The molecule has 2 atom stereocenters. The van der Waals surface area contributed by atoms with E-state index >= 15 is 0 Å². The lowest BCUT2D eigenvalue weighted by Gasteiger charge is -2.51. The molecule has 0 aliphatic carbocycles. The van der Waals surface area contributed by atoms with E-state index < -0.39 is 47.2 Å². The van der Waals surface area contributed by atoms with Gasteiger partial charge < -0.3 is 25.0 Å². The molecule has 3 amide bonds. The Labute approximate surface area is 287 Å². The highest BCUT2D eigenvalue weighted by Gasteiger charge is 2.46. The summed E-state index contributed by atoms with van der Waals surface area (Å²) < 4.78 is 53.1. The molecule has 0 saturated carbocycles. The Kier molecular flexibility index (Phi) is 9.07. The largest absolute Gasteiger partial charge is 0.438 e. The van der Waals surface area contributed by atoms with Crippen LogP contribution in [0, 0.1) is 5.92 Å². The molecule has 264 valence electrons. The molecule has 2 aromatic carbocycles. The van der Waals surface area contributed by atoms with E-state index in [1.165, 1.54) is 23.8 Å². The number of halogens is 4. The molecule has 6 heterocycles. The van der Waals surface area contributed by atoms with Crippen molar-refractivity contribution in [3.05, 3.63) is 58.1 Å². The minimum atomic E-state index is -4.77. The summed E-state index contributed by atoms with van der Waals surface area (Å²) in [4.78, 5) is 48.0. The first-order chi connectivity index (χ1) is 23.4. The van der Waals surface area contributed by atoms with Crippen molar-refractivity contribution in [1.82, 2.24) is 19.6 Å². The average molecular weight is 705 g/mol. The summed E-state index contributed by atoms with van der Waals surface area (Å²) in [6.07, 6.45) is -3.33. The fraction of sp³-hybridized carbons (Fsp3) is 0.559. The van der Waals surface area contributed by atoms with Gasteiger partial charge in [0, 0.05) is 64.1 Å². The number of anilines is 2. The van der Waals surface area contributed by atoms with Crippen LogP contribution < -0.4 is 11.1 Å². The number of nitrogens with two attached hydrogens (primary N) is 1. The molecular formula is C34H40ClF3N6O5. The van der Waals surface area contributed by atoms with Crippen LogP contribution in [-0.4, -0.2) is 102 Å². The van der Waals surface area contributed by atoms with Crippen LogP contribution in [0.5, 0.6) is 0 Å². The fourth-order valence-corrected chi connectivity index (χ4v) is 8.40. The van der Waals surface area contributed by atoms with E-state index in [4.69, 9.17) is 26.8 Å². The van der Waals surface area contributed by atoms with Gasteiger partial charge in [0.15, 0.2) is 6.10 Å². The number of nitrogen functional groups attached to an aromatic ring is 1. The molecule has 8 rings (SSSR count). The van der Waals surface area contributed by atoms with Crippen molar-refractivity contribution in [2.75, 3.05) is 63.4 Å². The lowest BCUT2D eigenvalue weighted by molar-refractivity contribution is -0.145. The van der Waals surface area contributed by atoms with Crippen molar-refractivity contribution in [2.24, 2.45) is 5.92 Å². The number of likely N-dealkylation sites (tertiary alicyclic amines) is 1. The number of hydrogen-bond acceptors (Lipinski definition) is 8. The predicted octanol–water partition coefficient (Wildman–Crippen LogP) is 5.13. The number of piperidine rings is 4. The molecule has 6 aliphatic rings. The van der Waals surface area contributed by atoms with Crippen LogP contribution in [0.3, 0.4) is 0 Å². The van der Waals surface area contributed by atoms with E-state index in [-0.39, 0.29) is 30.1 Å². The molecule has 1 unspecified atom stereocenters. The third-order valence-corrected chi connectivity index (χ3v) is 11.2. The lowest BCUT2D eigenvalue weighted by Crippen LogP contribution is -2.62. The number of carbonyl (C=O) groups is 3. The molecule has 5 saturated heterocycles. The van der Waals surface area contributed by atoms with Crippen molar-refractivity contribution >= 4 is 41.1 Å². The third kappa shape index (κ3) is 6.74. The zero-order valence-electron chi connectivity index (χ0n) is 27.0. The van der Waals surface area contributed by atoms with Crippen LogP contribution in [-0.2, 0) is 32.5 Å². The zero-order valence-corrected chi connectivity index (χ0v) is 27.8. The molecule has 2 bridgehead atoms. The topological polar surface area (TPSA) is 121 Å². The van der Waals surface area contributed by atoms with E-state index in [9.17, 15) is 27.6 Å². The van der Waals surface area contributed by atoms with E-state index in [1.54, 1.807) is 11.0 Å². The maximum absolute atomic E-state index is 14.0. The highest BCUT2D eigenvalue weighted by Crippen LogP contribution is 2.44. The van der Waals surface area contributed by atoms with Crippen molar-refractivity contribution < 1.29 is 37.0 Å². The number of nitrogens with one attached hydrogen (secondary N) is 1. The van der Waals surface area contributed by atoms with Gasteiger partial charge in [0.2, 0.25) is 0 Å². The fourth-order valence-electron chi connectivity index (χ4n) is 8.15. The number of amides is 3. The van der Waals surface area contributed by atoms with Gasteiger partial charge in [-0.15, -0.1) is 0 Å². The molecule has 3 N–H and O–H groups in total. The molecule has 1 spiro atoms. The minimum Gasteiger partial charge on any atom is -0.438 e. The highest BCUT2D eigenvalue weighted by atomic mass is 35.5. The molecule has 6 aliphatic heterocycles. The second kappa shape index (κ2) is 13.2. The average Bonchev–Trinajstić information content (AvgIpc) is 3.09. The first-order valence-electron chi connectivity index (χ1n) is 16.9. The number of piperazine rings is 1. The summed E-state index contributed by atoms with van der Waals surface area (Å²) in [5.41, 5.74) is 4.54. The lowest BCUT2D eigenvalue weighted by atomic mass is 9.82.